The van der Waals surface area contributed by atoms with Gasteiger partial charge in [-0.25, -0.2) is 4.98 Å². The Labute approximate surface area is 110 Å². The summed E-state index contributed by atoms with van der Waals surface area (Å²) in [5.41, 5.74) is 7.07. The van der Waals surface area contributed by atoms with E-state index < -0.39 is 0 Å². The molecule has 1 aliphatic rings. The Hall–Kier alpha value is -0.910. The van der Waals surface area contributed by atoms with Crippen molar-refractivity contribution in [1.82, 2.24) is 19.4 Å². The van der Waals surface area contributed by atoms with Crippen LogP contribution in [0.3, 0.4) is 0 Å². The first-order chi connectivity index (χ1) is 8.65. The first-order valence-electron chi connectivity index (χ1n) is 6.82. The number of piperazine rings is 1. The van der Waals surface area contributed by atoms with Crippen LogP contribution < -0.4 is 5.73 Å². The topological polar surface area (TPSA) is 50.3 Å². The number of rotatable bonds is 4. The highest BCUT2D eigenvalue weighted by Crippen LogP contribution is 2.20. The number of nitrogens with zero attached hydrogens (tertiary/aromatic N) is 4. The largest absolute Gasteiger partial charge is 0.338 e. The third-order valence-corrected chi connectivity index (χ3v) is 3.99. The highest BCUT2D eigenvalue weighted by molar-refractivity contribution is 5.09. The number of imidazole rings is 1. The number of nitrogens with two attached hydrogens (primary N) is 1. The van der Waals surface area contributed by atoms with Crippen molar-refractivity contribution >= 4 is 0 Å². The lowest BCUT2D eigenvalue weighted by molar-refractivity contribution is 0.100. The fourth-order valence-electron chi connectivity index (χ4n) is 2.60. The second-order valence-corrected chi connectivity index (χ2v) is 5.05. The number of aromatic nitrogens is 2. The SMILES string of the molecule is CCN1CCN(C(CN)c2cn(C)c(C)n2)CC1. The number of likely N-dealkylation sites (N-methyl/N-ethyl adjacent to an activating group) is 1. The van der Waals surface area contributed by atoms with Crippen molar-refractivity contribution in [2.75, 3.05) is 39.3 Å². The van der Waals surface area contributed by atoms with Gasteiger partial charge in [0, 0.05) is 46.0 Å². The van der Waals surface area contributed by atoms with E-state index in [2.05, 4.69) is 32.5 Å². The highest BCUT2D eigenvalue weighted by Gasteiger charge is 2.25. The van der Waals surface area contributed by atoms with Crippen molar-refractivity contribution in [2.45, 2.75) is 19.9 Å². The molecule has 0 bridgehead atoms. The van der Waals surface area contributed by atoms with Gasteiger partial charge in [-0.1, -0.05) is 6.92 Å². The summed E-state index contributed by atoms with van der Waals surface area (Å²) >= 11 is 0. The lowest BCUT2D eigenvalue weighted by Crippen LogP contribution is -2.48. The van der Waals surface area contributed by atoms with Gasteiger partial charge in [0.05, 0.1) is 11.7 Å². The maximum absolute atomic E-state index is 5.96. The molecule has 0 aromatic carbocycles. The van der Waals surface area contributed by atoms with Gasteiger partial charge in [0.1, 0.15) is 5.82 Å². The summed E-state index contributed by atoms with van der Waals surface area (Å²) in [6.07, 6.45) is 2.11. The van der Waals surface area contributed by atoms with Crippen molar-refractivity contribution in [3.05, 3.63) is 17.7 Å². The molecule has 1 aliphatic heterocycles. The Kier molecular flexibility index (Phi) is 4.37. The number of hydrogen-bond acceptors (Lipinski definition) is 4. The molecule has 1 saturated heterocycles. The first-order valence-corrected chi connectivity index (χ1v) is 6.82. The average molecular weight is 251 g/mol. The molecule has 2 N–H and O–H groups in total. The fraction of sp³-hybridized carbons (Fsp3) is 0.769. The quantitative estimate of drug-likeness (QED) is 0.840. The Bertz CT molecular complexity index is 359. The van der Waals surface area contributed by atoms with Crippen LogP contribution in [0, 0.1) is 6.92 Å². The van der Waals surface area contributed by atoms with Crippen LogP contribution in [0.15, 0.2) is 6.20 Å². The van der Waals surface area contributed by atoms with E-state index in [4.69, 9.17) is 5.73 Å². The second-order valence-electron chi connectivity index (χ2n) is 5.05. The molecule has 0 radical (unpaired) electrons. The minimum Gasteiger partial charge on any atom is -0.338 e. The van der Waals surface area contributed by atoms with E-state index in [9.17, 15) is 0 Å². The molecule has 0 aliphatic carbocycles. The predicted octanol–water partition coefficient (Wildman–Crippen LogP) is 0.366. The smallest absolute Gasteiger partial charge is 0.105 e. The molecule has 1 atom stereocenters. The van der Waals surface area contributed by atoms with E-state index in [0.717, 1.165) is 44.2 Å². The summed E-state index contributed by atoms with van der Waals surface area (Å²) in [7, 11) is 2.04. The average Bonchev–Trinajstić information content (AvgIpc) is 2.71. The number of hydrogen-bond donors (Lipinski definition) is 1. The lowest BCUT2D eigenvalue weighted by atomic mass is 10.1. The van der Waals surface area contributed by atoms with Gasteiger partial charge >= 0.3 is 0 Å². The van der Waals surface area contributed by atoms with Gasteiger partial charge in [-0.2, -0.15) is 0 Å². The van der Waals surface area contributed by atoms with Crippen LogP contribution in [0.25, 0.3) is 0 Å². The lowest BCUT2D eigenvalue weighted by Gasteiger charge is -2.37. The van der Waals surface area contributed by atoms with E-state index in [0.29, 0.717) is 6.54 Å². The van der Waals surface area contributed by atoms with Gasteiger partial charge in [-0.3, -0.25) is 4.90 Å². The monoisotopic (exact) mass is 251 g/mol. The molecule has 0 spiro atoms. The Morgan fingerprint density at radius 1 is 1.33 bits per heavy atom. The van der Waals surface area contributed by atoms with E-state index in [1.165, 1.54) is 0 Å². The molecule has 2 rings (SSSR count). The molecule has 2 heterocycles. The Morgan fingerprint density at radius 3 is 2.44 bits per heavy atom. The molecule has 18 heavy (non-hydrogen) atoms. The van der Waals surface area contributed by atoms with Crippen LogP contribution in [0.2, 0.25) is 0 Å². The zero-order chi connectivity index (χ0) is 13.1. The van der Waals surface area contributed by atoms with Crippen LogP contribution in [0.1, 0.15) is 24.5 Å². The third kappa shape index (κ3) is 2.74. The van der Waals surface area contributed by atoms with Crippen LogP contribution in [0.4, 0.5) is 0 Å². The van der Waals surface area contributed by atoms with Crippen LogP contribution in [-0.2, 0) is 7.05 Å². The first kappa shape index (κ1) is 13.5. The normalized spacial score (nSPS) is 20.2. The van der Waals surface area contributed by atoms with Crippen molar-refractivity contribution in [3.63, 3.8) is 0 Å². The van der Waals surface area contributed by atoms with Gasteiger partial charge in [0.2, 0.25) is 0 Å². The highest BCUT2D eigenvalue weighted by atomic mass is 15.3. The van der Waals surface area contributed by atoms with Gasteiger partial charge in [-0.05, 0) is 13.5 Å². The molecule has 1 aromatic heterocycles. The molecular weight excluding hydrogens is 226 g/mol. The summed E-state index contributed by atoms with van der Waals surface area (Å²) in [5, 5.41) is 0. The summed E-state index contributed by atoms with van der Waals surface area (Å²) in [4.78, 5) is 9.57. The van der Waals surface area contributed by atoms with Gasteiger partial charge in [0.25, 0.3) is 0 Å². The molecule has 0 amide bonds. The van der Waals surface area contributed by atoms with Gasteiger partial charge in [0.15, 0.2) is 0 Å². The molecule has 5 nitrogen and oxygen atoms in total. The van der Waals surface area contributed by atoms with E-state index in [-0.39, 0.29) is 6.04 Å². The summed E-state index contributed by atoms with van der Waals surface area (Å²) < 4.78 is 2.07. The summed E-state index contributed by atoms with van der Waals surface area (Å²) in [6, 6.07) is 0.268. The summed E-state index contributed by atoms with van der Waals surface area (Å²) in [5.74, 6) is 1.05. The van der Waals surface area contributed by atoms with Gasteiger partial charge < -0.3 is 15.2 Å². The van der Waals surface area contributed by atoms with E-state index >= 15 is 0 Å². The van der Waals surface area contributed by atoms with E-state index in [1.807, 2.05) is 14.0 Å². The molecule has 1 aromatic rings. The predicted molar refractivity (Wildman–Crippen MR) is 73.4 cm³/mol. The van der Waals surface area contributed by atoms with Crippen molar-refractivity contribution in [3.8, 4) is 0 Å². The van der Waals surface area contributed by atoms with Crippen LogP contribution in [0.5, 0.6) is 0 Å². The van der Waals surface area contributed by atoms with Crippen molar-refractivity contribution < 1.29 is 0 Å². The molecule has 1 unspecified atom stereocenters. The van der Waals surface area contributed by atoms with Crippen molar-refractivity contribution in [1.29, 1.82) is 0 Å². The maximum atomic E-state index is 5.96. The molecule has 1 fully saturated rings. The minimum atomic E-state index is 0.268. The van der Waals surface area contributed by atoms with E-state index in [1.54, 1.807) is 0 Å². The number of aryl methyl sites for hydroxylation is 2. The maximum Gasteiger partial charge on any atom is 0.105 e. The van der Waals surface area contributed by atoms with Crippen molar-refractivity contribution in [2.24, 2.45) is 12.8 Å². The second kappa shape index (κ2) is 5.82. The molecule has 102 valence electrons. The molecule has 0 saturated carbocycles. The standard InChI is InChI=1S/C13H25N5/c1-4-17-5-7-18(8-6-17)13(9-14)12-10-16(3)11(2)15-12/h10,13H,4-9,14H2,1-3H3. The van der Waals surface area contributed by atoms with Gasteiger partial charge in [-0.15, -0.1) is 0 Å². The minimum absolute atomic E-state index is 0.268. The summed E-state index contributed by atoms with van der Waals surface area (Å²) in [6.45, 7) is 10.5. The zero-order valence-corrected chi connectivity index (χ0v) is 11.8. The van der Waals surface area contributed by atoms with Crippen LogP contribution >= 0.6 is 0 Å². The molecule has 5 heteroatoms. The third-order valence-electron chi connectivity index (χ3n) is 3.99. The molecular formula is C13H25N5. The zero-order valence-electron chi connectivity index (χ0n) is 11.8. The fourth-order valence-corrected chi connectivity index (χ4v) is 2.60. The Morgan fingerprint density at radius 2 is 2.00 bits per heavy atom. The Balaban J connectivity index is 2.05. The van der Waals surface area contributed by atoms with Crippen LogP contribution in [-0.4, -0.2) is 58.6 Å².